The highest BCUT2D eigenvalue weighted by Crippen LogP contribution is 2.18. The molecule has 1 N–H and O–H groups in total. The Labute approximate surface area is 105 Å². The highest BCUT2D eigenvalue weighted by Gasteiger charge is 2.19. The van der Waals surface area contributed by atoms with E-state index in [0.717, 1.165) is 4.47 Å². The number of halogens is 1. The number of hydrogen-bond donors (Lipinski definition) is 1. The zero-order chi connectivity index (χ0) is 12.6. The fourth-order valence-electron chi connectivity index (χ4n) is 1.43. The first-order valence-corrected chi connectivity index (χ1v) is 5.57. The van der Waals surface area contributed by atoms with Crippen LogP contribution in [0.25, 0.3) is 5.82 Å². The van der Waals surface area contributed by atoms with Gasteiger partial charge in [-0.3, -0.25) is 0 Å². The van der Waals surface area contributed by atoms with Crippen molar-refractivity contribution in [2.75, 3.05) is 0 Å². The topological polar surface area (TPSA) is 80.9 Å². The summed E-state index contributed by atoms with van der Waals surface area (Å²) in [6.07, 6.45) is 3.19. The Morgan fingerprint density at radius 3 is 2.65 bits per heavy atom. The van der Waals surface area contributed by atoms with Crippen LogP contribution < -0.4 is 0 Å². The molecule has 2 rings (SSSR count). The van der Waals surface area contributed by atoms with E-state index < -0.39 is 5.97 Å². The lowest BCUT2D eigenvalue weighted by Crippen LogP contribution is -2.13. The van der Waals surface area contributed by atoms with Gasteiger partial charge in [0.2, 0.25) is 0 Å². The molecule has 0 aliphatic rings. The van der Waals surface area contributed by atoms with Crippen molar-refractivity contribution in [1.82, 2.24) is 20.0 Å². The number of nitrogens with zero attached hydrogens (tertiary/aromatic N) is 4. The van der Waals surface area contributed by atoms with Crippen LogP contribution in [0.1, 0.15) is 21.6 Å². The minimum Gasteiger partial charge on any atom is -0.478 e. The molecule has 17 heavy (non-hydrogen) atoms. The molecule has 7 heteroatoms. The average Bonchev–Trinajstić information content (AvgIpc) is 2.68. The van der Waals surface area contributed by atoms with Gasteiger partial charge in [0.25, 0.3) is 0 Å². The van der Waals surface area contributed by atoms with E-state index in [1.807, 2.05) is 0 Å². The molecule has 0 saturated heterocycles. The van der Waals surface area contributed by atoms with Gasteiger partial charge in [0, 0.05) is 6.20 Å². The second-order valence-electron chi connectivity index (χ2n) is 3.52. The van der Waals surface area contributed by atoms with E-state index in [0.29, 0.717) is 11.3 Å². The number of carbonyl (C=O) groups is 1. The minimum atomic E-state index is -1.04. The first-order chi connectivity index (χ1) is 8.00. The molecule has 2 aromatic heterocycles. The largest absolute Gasteiger partial charge is 0.478 e. The first kappa shape index (κ1) is 11.7. The predicted molar refractivity (Wildman–Crippen MR) is 63.3 cm³/mol. The van der Waals surface area contributed by atoms with Gasteiger partial charge in [-0.25, -0.2) is 9.48 Å². The molecule has 0 aliphatic heterocycles. The molecule has 0 aliphatic carbocycles. The lowest BCUT2D eigenvalue weighted by Gasteiger charge is -2.08. The molecule has 2 aromatic rings. The molecule has 0 unspecified atom stereocenters. The molecule has 0 atom stereocenters. The maximum Gasteiger partial charge on any atom is 0.339 e. The molecule has 2 heterocycles. The van der Waals surface area contributed by atoms with Crippen molar-refractivity contribution in [1.29, 1.82) is 0 Å². The van der Waals surface area contributed by atoms with E-state index in [-0.39, 0.29) is 11.4 Å². The van der Waals surface area contributed by atoms with Crippen LogP contribution >= 0.6 is 15.9 Å². The van der Waals surface area contributed by atoms with Gasteiger partial charge < -0.3 is 5.11 Å². The summed E-state index contributed by atoms with van der Waals surface area (Å²) in [7, 11) is 0. The number of aromatic nitrogens is 4. The Morgan fingerprint density at radius 2 is 2.12 bits per heavy atom. The average molecular weight is 297 g/mol. The second kappa shape index (κ2) is 4.25. The van der Waals surface area contributed by atoms with Crippen LogP contribution in [0.4, 0.5) is 0 Å². The van der Waals surface area contributed by atoms with Gasteiger partial charge in [-0.05, 0) is 35.3 Å². The van der Waals surface area contributed by atoms with Crippen LogP contribution in [0.2, 0.25) is 0 Å². The van der Waals surface area contributed by atoms with E-state index in [9.17, 15) is 9.90 Å². The molecule has 0 fully saturated rings. The predicted octanol–water partition coefficient (Wildman–Crippen LogP) is 1.74. The summed E-state index contributed by atoms with van der Waals surface area (Å²) in [5.41, 5.74) is 1.31. The Bertz CT molecular complexity index is 594. The van der Waals surface area contributed by atoms with Gasteiger partial charge in [-0.1, -0.05) is 0 Å². The van der Waals surface area contributed by atoms with Crippen molar-refractivity contribution < 1.29 is 9.90 Å². The number of carboxylic acid groups (broad SMARTS) is 1. The number of carboxylic acids is 1. The van der Waals surface area contributed by atoms with E-state index in [1.165, 1.54) is 4.68 Å². The Balaban J connectivity index is 2.70. The molecule has 0 amide bonds. The zero-order valence-electron chi connectivity index (χ0n) is 9.18. The Morgan fingerprint density at radius 1 is 1.41 bits per heavy atom. The third kappa shape index (κ3) is 2.05. The Hall–Kier alpha value is -1.76. The third-order valence-electron chi connectivity index (χ3n) is 2.42. The summed E-state index contributed by atoms with van der Waals surface area (Å²) in [5, 5.41) is 21.0. The quantitative estimate of drug-likeness (QED) is 0.913. The lowest BCUT2D eigenvalue weighted by molar-refractivity contribution is 0.0695. The molecule has 0 aromatic carbocycles. The van der Waals surface area contributed by atoms with E-state index in [4.69, 9.17) is 0 Å². The van der Waals surface area contributed by atoms with Gasteiger partial charge in [0.05, 0.1) is 16.4 Å². The highest BCUT2D eigenvalue weighted by molar-refractivity contribution is 9.10. The van der Waals surface area contributed by atoms with Crippen molar-refractivity contribution in [2.24, 2.45) is 0 Å². The lowest BCUT2D eigenvalue weighted by atomic mass is 10.1. The molecule has 0 saturated carbocycles. The van der Waals surface area contributed by atoms with Crippen molar-refractivity contribution in [3.63, 3.8) is 0 Å². The zero-order valence-corrected chi connectivity index (χ0v) is 10.8. The smallest absolute Gasteiger partial charge is 0.339 e. The fourth-order valence-corrected chi connectivity index (χ4v) is 1.71. The summed E-state index contributed by atoms with van der Waals surface area (Å²) in [4.78, 5) is 11.3. The summed E-state index contributed by atoms with van der Waals surface area (Å²) >= 11 is 3.25. The maximum absolute atomic E-state index is 11.3. The molecular weight excluding hydrogens is 288 g/mol. The summed E-state index contributed by atoms with van der Waals surface area (Å²) in [6.45, 7) is 3.42. The van der Waals surface area contributed by atoms with E-state index >= 15 is 0 Å². The molecule has 6 nitrogen and oxygen atoms in total. The van der Waals surface area contributed by atoms with Gasteiger partial charge in [0.15, 0.2) is 5.82 Å². The van der Waals surface area contributed by atoms with Crippen LogP contribution in [0, 0.1) is 13.8 Å². The van der Waals surface area contributed by atoms with Crippen LogP contribution in [0.15, 0.2) is 16.9 Å². The van der Waals surface area contributed by atoms with Crippen molar-refractivity contribution in [2.45, 2.75) is 13.8 Å². The third-order valence-corrected chi connectivity index (χ3v) is 2.83. The summed E-state index contributed by atoms with van der Waals surface area (Å²) < 4.78 is 2.13. The van der Waals surface area contributed by atoms with Gasteiger partial charge in [0.1, 0.15) is 5.56 Å². The maximum atomic E-state index is 11.3. The number of rotatable bonds is 2. The standard InChI is InChI=1S/C10H9BrN4O2/c1-5-6(2)13-14-9(8(5)10(16)17)15-4-7(11)3-12-15/h3-4H,1-2H3,(H,16,17). The van der Waals surface area contributed by atoms with E-state index in [1.54, 1.807) is 26.2 Å². The molecule has 88 valence electrons. The van der Waals surface area contributed by atoms with Gasteiger partial charge >= 0.3 is 5.97 Å². The second-order valence-corrected chi connectivity index (χ2v) is 4.43. The van der Waals surface area contributed by atoms with Crippen LogP contribution in [-0.4, -0.2) is 31.1 Å². The molecule has 0 bridgehead atoms. The first-order valence-electron chi connectivity index (χ1n) is 4.78. The summed E-state index contributed by atoms with van der Waals surface area (Å²) in [5.74, 6) is -0.826. The van der Waals surface area contributed by atoms with Gasteiger partial charge in [-0.2, -0.15) is 10.2 Å². The van der Waals surface area contributed by atoms with Crippen molar-refractivity contribution >= 4 is 21.9 Å². The van der Waals surface area contributed by atoms with Crippen molar-refractivity contribution in [3.05, 3.63) is 33.7 Å². The SMILES string of the molecule is Cc1nnc(-n2cc(Br)cn2)c(C(=O)O)c1C. The summed E-state index contributed by atoms with van der Waals surface area (Å²) in [6, 6.07) is 0. The van der Waals surface area contributed by atoms with Gasteiger partial charge in [-0.15, -0.1) is 5.10 Å². The van der Waals surface area contributed by atoms with Crippen LogP contribution in [0.3, 0.4) is 0 Å². The minimum absolute atomic E-state index is 0.119. The molecule has 0 spiro atoms. The normalized spacial score (nSPS) is 10.5. The molecule has 0 radical (unpaired) electrons. The number of hydrogen-bond acceptors (Lipinski definition) is 4. The highest BCUT2D eigenvalue weighted by atomic mass is 79.9. The fraction of sp³-hybridized carbons (Fsp3) is 0.200. The number of aryl methyl sites for hydroxylation is 1. The van der Waals surface area contributed by atoms with E-state index in [2.05, 4.69) is 31.2 Å². The van der Waals surface area contributed by atoms with Crippen LogP contribution in [-0.2, 0) is 0 Å². The number of aromatic carboxylic acids is 1. The van der Waals surface area contributed by atoms with Crippen molar-refractivity contribution in [3.8, 4) is 5.82 Å². The van der Waals surface area contributed by atoms with Crippen LogP contribution in [0.5, 0.6) is 0 Å². The molecular formula is C10H9BrN4O2. The monoisotopic (exact) mass is 296 g/mol. The Kier molecular flexibility index (Phi) is 2.93.